The molecule has 2 heterocycles. The summed E-state index contributed by atoms with van der Waals surface area (Å²) in [5.41, 5.74) is 18.4. The van der Waals surface area contributed by atoms with E-state index in [1.807, 2.05) is 0 Å². The number of hydrogen-bond donors (Lipinski definition) is 11. The van der Waals surface area contributed by atoms with Gasteiger partial charge in [-0.3, -0.25) is 4.79 Å². The van der Waals surface area contributed by atoms with Crippen LogP contribution < -0.4 is 22.5 Å². The minimum Gasteiger partial charge on any atom is -0.394 e. The lowest BCUT2D eigenvalue weighted by molar-refractivity contribution is -0.303. The van der Waals surface area contributed by atoms with Crippen LogP contribution in [0.1, 0.15) is 32.1 Å². The molecule has 15 atom stereocenters. The fourth-order valence-electron chi connectivity index (χ4n) is 5.57. The van der Waals surface area contributed by atoms with Crippen molar-refractivity contribution in [2.24, 2.45) is 23.1 Å². The first-order chi connectivity index (χ1) is 18.9. The quantitative estimate of drug-likeness (QED) is 0.0854. The second-order valence-corrected chi connectivity index (χ2v) is 10.9. The van der Waals surface area contributed by atoms with Gasteiger partial charge in [0, 0.05) is 37.4 Å². The summed E-state index contributed by atoms with van der Waals surface area (Å²) >= 11 is 0. The highest BCUT2D eigenvalue weighted by Crippen LogP contribution is 2.35. The van der Waals surface area contributed by atoms with E-state index in [1.54, 1.807) is 0 Å². The zero-order chi connectivity index (χ0) is 29.7. The summed E-state index contributed by atoms with van der Waals surface area (Å²) in [6, 6.07) is -2.67. The maximum atomic E-state index is 12.1. The zero-order valence-corrected chi connectivity index (χ0v) is 22.2. The molecule has 1 aliphatic carbocycles. The first-order valence-electron chi connectivity index (χ1n) is 13.5. The van der Waals surface area contributed by atoms with Gasteiger partial charge in [0.05, 0.1) is 24.9 Å². The minimum absolute atomic E-state index is 0.0714. The number of terminal acetylenes is 1. The Hall–Kier alpha value is -1.49. The molecule has 0 aromatic heterocycles. The maximum absolute atomic E-state index is 12.1. The second-order valence-electron chi connectivity index (χ2n) is 10.9. The predicted molar refractivity (Wildman–Crippen MR) is 138 cm³/mol. The highest BCUT2D eigenvalue weighted by atomic mass is 16.7. The number of ether oxygens (including phenoxy) is 3. The van der Waals surface area contributed by atoms with Crippen LogP contribution in [-0.4, -0.2) is 140 Å². The topological polar surface area (TPSA) is 276 Å². The number of carbonyl (C=O) groups is 1. The van der Waals surface area contributed by atoms with Gasteiger partial charge < -0.3 is 72.5 Å². The summed E-state index contributed by atoms with van der Waals surface area (Å²) < 4.78 is 17.1. The molecule has 0 bridgehead atoms. The smallest absolute Gasteiger partial charge is 0.220 e. The third-order valence-corrected chi connectivity index (χ3v) is 8.06. The van der Waals surface area contributed by atoms with E-state index in [0.29, 0.717) is 12.8 Å². The van der Waals surface area contributed by atoms with Crippen molar-refractivity contribution < 1.29 is 54.8 Å². The molecule has 14 N–H and O–H groups in total. The van der Waals surface area contributed by atoms with Gasteiger partial charge in [-0.1, -0.05) is 0 Å². The van der Waals surface area contributed by atoms with E-state index in [4.69, 9.17) is 37.8 Å². The molecule has 0 radical (unpaired) electrons. The van der Waals surface area contributed by atoms with Gasteiger partial charge in [0.25, 0.3) is 0 Å². The Bertz CT molecular complexity index is 863. The lowest BCUT2D eigenvalue weighted by Crippen LogP contribution is -2.66. The number of amides is 1. The van der Waals surface area contributed by atoms with E-state index >= 15 is 0 Å². The standard InChI is InChI=1S/C25H44N4O11/c1-2-3-4-5-16(31)29-8-14-21(35)23(37)20(34)13(38-14)6-10-11(26)7-12(27)24(18(10)32)40-25-22(36)17(28)19(33)15(9-30)39-25/h1,10-15,17-25,30,32-37H,3-9,26-28H2,(H,29,31)/t10-,11+,12-,13-,14-,15-,17+,18+,19-,20+,21-,22-,23-,24+,25-/m1/s1. The first-order valence-corrected chi connectivity index (χ1v) is 13.5. The summed E-state index contributed by atoms with van der Waals surface area (Å²) in [6.45, 7) is -0.729. The molecule has 0 unspecified atom stereocenters. The number of aliphatic hydroxyl groups excluding tert-OH is 7. The van der Waals surface area contributed by atoms with Crippen molar-refractivity contribution in [2.45, 2.75) is 118 Å². The lowest BCUT2D eigenvalue weighted by atomic mass is 9.74. The first kappa shape index (κ1) is 33.0. The molecule has 3 rings (SSSR count). The van der Waals surface area contributed by atoms with Gasteiger partial charge in [0.15, 0.2) is 6.29 Å². The van der Waals surface area contributed by atoms with Crippen molar-refractivity contribution in [1.29, 1.82) is 0 Å². The van der Waals surface area contributed by atoms with Crippen LogP contribution in [-0.2, 0) is 19.0 Å². The fraction of sp³-hybridized carbons (Fsp3) is 0.880. The summed E-state index contributed by atoms with van der Waals surface area (Å²) in [5, 5.41) is 75.4. The normalized spacial score (nSPS) is 46.0. The van der Waals surface area contributed by atoms with Gasteiger partial charge in [-0.2, -0.15) is 0 Å². The zero-order valence-electron chi connectivity index (χ0n) is 22.2. The third kappa shape index (κ3) is 7.47. The number of nitrogens with one attached hydrogen (secondary N) is 1. The van der Waals surface area contributed by atoms with Gasteiger partial charge >= 0.3 is 0 Å². The summed E-state index contributed by atoms with van der Waals surface area (Å²) in [5.74, 6) is 1.35. The Morgan fingerprint density at radius 3 is 2.23 bits per heavy atom. The summed E-state index contributed by atoms with van der Waals surface area (Å²) in [6.07, 6.45) is -8.24. The molecule has 3 aliphatic rings. The van der Waals surface area contributed by atoms with Gasteiger partial charge in [-0.25, -0.2) is 0 Å². The van der Waals surface area contributed by atoms with Gasteiger partial charge in [0.1, 0.15) is 48.8 Å². The summed E-state index contributed by atoms with van der Waals surface area (Å²) in [4.78, 5) is 12.1. The Morgan fingerprint density at radius 2 is 1.57 bits per heavy atom. The van der Waals surface area contributed by atoms with E-state index in [-0.39, 0.29) is 31.7 Å². The van der Waals surface area contributed by atoms with Gasteiger partial charge in [0.2, 0.25) is 5.91 Å². The van der Waals surface area contributed by atoms with Crippen molar-refractivity contribution in [2.75, 3.05) is 13.2 Å². The van der Waals surface area contributed by atoms with Crippen molar-refractivity contribution in [3.05, 3.63) is 0 Å². The number of rotatable bonds is 10. The van der Waals surface area contributed by atoms with Crippen LogP contribution in [0, 0.1) is 18.3 Å². The molecular formula is C25H44N4O11. The molecule has 3 fully saturated rings. The van der Waals surface area contributed by atoms with E-state index in [0.717, 1.165) is 0 Å². The number of carbonyl (C=O) groups excluding carboxylic acids is 1. The van der Waals surface area contributed by atoms with Crippen molar-refractivity contribution in [3.63, 3.8) is 0 Å². The molecule has 15 nitrogen and oxygen atoms in total. The fourth-order valence-corrected chi connectivity index (χ4v) is 5.57. The minimum atomic E-state index is -1.59. The predicted octanol–water partition coefficient (Wildman–Crippen LogP) is -5.67. The van der Waals surface area contributed by atoms with Crippen LogP contribution in [0.4, 0.5) is 0 Å². The Kier molecular flexibility index (Phi) is 12.1. The SMILES string of the molecule is C#CCCCC(=O)NC[C@H]1O[C@H](C[C@H]2[C@H](O)[C@@H](O[C@H]3O[C@H](CO)[C@@H](O)[C@H](N)[C@H]3O)[C@H](N)C[C@@H]2N)[C@H](O)[C@@H](O)[C@@H]1O. The average molecular weight is 577 g/mol. The van der Waals surface area contributed by atoms with Crippen LogP contribution in [0.25, 0.3) is 0 Å². The molecule has 15 heteroatoms. The largest absolute Gasteiger partial charge is 0.394 e. The highest BCUT2D eigenvalue weighted by Gasteiger charge is 2.51. The van der Waals surface area contributed by atoms with Gasteiger partial charge in [-0.15, -0.1) is 12.3 Å². The third-order valence-electron chi connectivity index (χ3n) is 8.06. The van der Waals surface area contributed by atoms with Crippen LogP contribution in [0.2, 0.25) is 0 Å². The van der Waals surface area contributed by atoms with Crippen LogP contribution >= 0.6 is 0 Å². The Balaban J connectivity index is 1.67. The van der Waals surface area contributed by atoms with Crippen LogP contribution in [0.5, 0.6) is 0 Å². The summed E-state index contributed by atoms with van der Waals surface area (Å²) in [7, 11) is 0. The molecular weight excluding hydrogens is 532 g/mol. The van der Waals surface area contributed by atoms with Crippen molar-refractivity contribution in [1.82, 2.24) is 5.32 Å². The Morgan fingerprint density at radius 1 is 0.900 bits per heavy atom. The molecule has 0 aromatic carbocycles. The van der Waals surface area contributed by atoms with Crippen LogP contribution in [0.15, 0.2) is 0 Å². The van der Waals surface area contributed by atoms with Crippen molar-refractivity contribution in [3.8, 4) is 12.3 Å². The van der Waals surface area contributed by atoms with E-state index in [9.17, 15) is 40.5 Å². The molecule has 1 amide bonds. The molecule has 40 heavy (non-hydrogen) atoms. The number of aliphatic hydroxyl groups is 7. The van der Waals surface area contributed by atoms with Crippen molar-refractivity contribution >= 4 is 5.91 Å². The van der Waals surface area contributed by atoms with E-state index in [2.05, 4.69) is 11.2 Å². The highest BCUT2D eigenvalue weighted by molar-refractivity contribution is 5.75. The molecule has 230 valence electrons. The van der Waals surface area contributed by atoms with Crippen LogP contribution in [0.3, 0.4) is 0 Å². The molecule has 2 aliphatic heterocycles. The molecule has 1 saturated carbocycles. The Labute approximate surface area is 232 Å². The van der Waals surface area contributed by atoms with E-state index in [1.165, 1.54) is 0 Å². The average Bonchev–Trinajstić information content (AvgIpc) is 2.92. The number of unbranched alkanes of at least 4 members (excludes halogenated alkanes) is 1. The maximum Gasteiger partial charge on any atom is 0.220 e. The lowest BCUT2D eigenvalue weighted by Gasteiger charge is -2.48. The monoisotopic (exact) mass is 576 g/mol. The number of nitrogens with two attached hydrogens (primary N) is 3. The second kappa shape index (κ2) is 14.6. The van der Waals surface area contributed by atoms with Gasteiger partial charge in [-0.05, 0) is 19.3 Å². The van der Waals surface area contributed by atoms with E-state index < -0.39 is 98.0 Å². The molecule has 0 aromatic rings. The molecule has 0 spiro atoms. The number of hydrogen-bond acceptors (Lipinski definition) is 14. The molecule has 2 saturated heterocycles.